The third kappa shape index (κ3) is 3.40. The first-order valence-electron chi connectivity index (χ1n) is 6.89. The standard InChI is InChI=1S/C15H22N4O2/c1-15(2,3)14-18-10-6-5-9(7-11(10)19-14)17-13(20)12(8-16)21-4/h5-7,12H,8,16H2,1-4H3,(H,17,20)(H,18,19). The van der Waals surface area contributed by atoms with E-state index < -0.39 is 6.10 Å². The van der Waals surface area contributed by atoms with Crippen LogP contribution in [-0.2, 0) is 14.9 Å². The second-order valence-electron chi connectivity index (χ2n) is 6.02. The van der Waals surface area contributed by atoms with Crippen LogP contribution in [0, 0.1) is 0 Å². The zero-order chi connectivity index (χ0) is 15.6. The lowest BCUT2D eigenvalue weighted by molar-refractivity contribution is -0.125. The number of ether oxygens (including phenoxy) is 1. The highest BCUT2D eigenvalue weighted by atomic mass is 16.5. The first kappa shape index (κ1) is 15.5. The largest absolute Gasteiger partial charge is 0.370 e. The molecule has 1 atom stereocenters. The number of anilines is 1. The van der Waals surface area contributed by atoms with Crippen molar-refractivity contribution in [2.24, 2.45) is 5.73 Å². The summed E-state index contributed by atoms with van der Waals surface area (Å²) < 4.78 is 5.01. The zero-order valence-corrected chi connectivity index (χ0v) is 12.9. The third-order valence-electron chi connectivity index (χ3n) is 3.25. The maximum Gasteiger partial charge on any atom is 0.254 e. The number of aromatic amines is 1. The average Bonchev–Trinajstić information content (AvgIpc) is 2.83. The highest BCUT2D eigenvalue weighted by Crippen LogP contribution is 2.24. The van der Waals surface area contributed by atoms with Crippen LogP contribution in [0.25, 0.3) is 11.0 Å². The Balaban J connectivity index is 2.25. The molecule has 0 aliphatic rings. The predicted molar refractivity (Wildman–Crippen MR) is 83.3 cm³/mol. The number of carbonyl (C=O) groups excluding carboxylic acids is 1. The maximum atomic E-state index is 11.9. The van der Waals surface area contributed by atoms with E-state index in [9.17, 15) is 4.79 Å². The minimum Gasteiger partial charge on any atom is -0.370 e. The van der Waals surface area contributed by atoms with E-state index in [1.54, 1.807) is 0 Å². The SMILES string of the molecule is COC(CN)C(=O)Nc1ccc2nc(C(C)(C)C)[nH]c2c1. The fourth-order valence-electron chi connectivity index (χ4n) is 1.98. The Kier molecular flexibility index (Phi) is 4.29. The van der Waals surface area contributed by atoms with Gasteiger partial charge in [0, 0.05) is 24.8 Å². The molecule has 2 rings (SSSR count). The van der Waals surface area contributed by atoms with Crippen LogP contribution in [0.3, 0.4) is 0 Å². The Morgan fingerprint density at radius 1 is 1.48 bits per heavy atom. The molecule has 1 amide bonds. The molecule has 0 bridgehead atoms. The smallest absolute Gasteiger partial charge is 0.254 e. The summed E-state index contributed by atoms with van der Waals surface area (Å²) >= 11 is 0. The Hall–Kier alpha value is -1.92. The van der Waals surface area contributed by atoms with Crippen molar-refractivity contribution >= 4 is 22.6 Å². The zero-order valence-electron chi connectivity index (χ0n) is 12.9. The number of amides is 1. The number of nitrogens with one attached hydrogen (secondary N) is 2. The molecule has 0 aliphatic carbocycles. The number of nitrogens with two attached hydrogens (primary N) is 1. The van der Waals surface area contributed by atoms with Crippen molar-refractivity contribution in [1.82, 2.24) is 9.97 Å². The van der Waals surface area contributed by atoms with Gasteiger partial charge in [-0.15, -0.1) is 0 Å². The van der Waals surface area contributed by atoms with Gasteiger partial charge in [-0.2, -0.15) is 0 Å². The van der Waals surface area contributed by atoms with Crippen LogP contribution in [0.15, 0.2) is 18.2 Å². The Labute approximate surface area is 124 Å². The predicted octanol–water partition coefficient (Wildman–Crippen LogP) is 1.77. The van der Waals surface area contributed by atoms with Gasteiger partial charge in [-0.3, -0.25) is 4.79 Å². The lowest BCUT2D eigenvalue weighted by Crippen LogP contribution is -2.35. The molecule has 4 N–H and O–H groups in total. The second kappa shape index (κ2) is 5.83. The molecule has 2 aromatic rings. The Morgan fingerprint density at radius 2 is 2.19 bits per heavy atom. The van der Waals surface area contributed by atoms with E-state index in [-0.39, 0.29) is 17.9 Å². The highest BCUT2D eigenvalue weighted by Gasteiger charge is 2.19. The molecule has 21 heavy (non-hydrogen) atoms. The summed E-state index contributed by atoms with van der Waals surface area (Å²) in [5, 5.41) is 2.79. The number of hydrogen-bond acceptors (Lipinski definition) is 4. The average molecular weight is 290 g/mol. The number of fused-ring (bicyclic) bond motifs is 1. The number of benzene rings is 1. The van der Waals surface area contributed by atoms with Gasteiger partial charge in [0.15, 0.2) is 0 Å². The molecule has 6 heteroatoms. The normalized spacial score (nSPS) is 13.4. The van der Waals surface area contributed by atoms with Gasteiger partial charge >= 0.3 is 0 Å². The van der Waals surface area contributed by atoms with Gasteiger partial charge in [0.1, 0.15) is 11.9 Å². The number of carbonyl (C=O) groups is 1. The number of aromatic nitrogens is 2. The van der Waals surface area contributed by atoms with E-state index in [4.69, 9.17) is 10.5 Å². The van der Waals surface area contributed by atoms with Gasteiger partial charge in [-0.25, -0.2) is 4.98 Å². The summed E-state index contributed by atoms with van der Waals surface area (Å²) in [6.45, 7) is 6.43. The van der Waals surface area contributed by atoms with Crippen molar-refractivity contribution in [3.8, 4) is 0 Å². The maximum absolute atomic E-state index is 11.9. The van der Waals surface area contributed by atoms with Gasteiger partial charge in [-0.1, -0.05) is 20.8 Å². The van der Waals surface area contributed by atoms with Crippen LogP contribution in [0.1, 0.15) is 26.6 Å². The Bertz CT molecular complexity index is 639. The molecular formula is C15H22N4O2. The van der Waals surface area contributed by atoms with E-state index >= 15 is 0 Å². The molecule has 0 fully saturated rings. The molecule has 0 saturated carbocycles. The van der Waals surface area contributed by atoms with Crippen molar-refractivity contribution < 1.29 is 9.53 Å². The van der Waals surface area contributed by atoms with Crippen LogP contribution >= 0.6 is 0 Å². The molecular weight excluding hydrogens is 268 g/mol. The molecule has 114 valence electrons. The minimum atomic E-state index is -0.646. The summed E-state index contributed by atoms with van der Waals surface area (Å²) in [6.07, 6.45) is -0.646. The first-order chi connectivity index (χ1) is 9.85. The second-order valence-corrected chi connectivity index (χ2v) is 6.02. The molecule has 0 aliphatic heterocycles. The van der Waals surface area contributed by atoms with Crippen LogP contribution < -0.4 is 11.1 Å². The summed E-state index contributed by atoms with van der Waals surface area (Å²) in [4.78, 5) is 19.8. The van der Waals surface area contributed by atoms with E-state index in [0.29, 0.717) is 5.69 Å². The molecule has 0 spiro atoms. The molecule has 1 heterocycles. The molecule has 1 aromatic carbocycles. The number of methoxy groups -OCH3 is 1. The van der Waals surface area contributed by atoms with Crippen LogP contribution in [0.4, 0.5) is 5.69 Å². The van der Waals surface area contributed by atoms with Crippen molar-refractivity contribution in [2.75, 3.05) is 19.0 Å². The summed E-state index contributed by atoms with van der Waals surface area (Å²) in [5.41, 5.74) is 7.88. The number of H-pyrrole nitrogens is 1. The fourth-order valence-corrected chi connectivity index (χ4v) is 1.98. The third-order valence-corrected chi connectivity index (χ3v) is 3.25. The Morgan fingerprint density at radius 3 is 2.76 bits per heavy atom. The molecule has 1 unspecified atom stereocenters. The number of hydrogen-bond donors (Lipinski definition) is 3. The molecule has 0 radical (unpaired) electrons. The summed E-state index contributed by atoms with van der Waals surface area (Å²) in [7, 11) is 1.46. The lowest BCUT2D eigenvalue weighted by atomic mass is 9.96. The monoisotopic (exact) mass is 290 g/mol. The quantitative estimate of drug-likeness (QED) is 0.800. The van der Waals surface area contributed by atoms with Gasteiger partial charge in [0.25, 0.3) is 5.91 Å². The summed E-state index contributed by atoms with van der Waals surface area (Å²) in [5.74, 6) is 0.660. The van der Waals surface area contributed by atoms with Gasteiger partial charge in [0.05, 0.1) is 11.0 Å². The van der Waals surface area contributed by atoms with Crippen LogP contribution in [0.5, 0.6) is 0 Å². The number of imidazole rings is 1. The van der Waals surface area contributed by atoms with Crippen LogP contribution in [0.2, 0.25) is 0 Å². The van der Waals surface area contributed by atoms with Crippen molar-refractivity contribution in [3.63, 3.8) is 0 Å². The summed E-state index contributed by atoms with van der Waals surface area (Å²) in [6, 6.07) is 5.55. The van der Waals surface area contributed by atoms with Gasteiger partial charge < -0.3 is 20.8 Å². The number of nitrogens with zero attached hydrogens (tertiary/aromatic N) is 1. The van der Waals surface area contributed by atoms with Gasteiger partial charge in [0.2, 0.25) is 0 Å². The number of rotatable bonds is 4. The van der Waals surface area contributed by atoms with Crippen molar-refractivity contribution in [2.45, 2.75) is 32.3 Å². The van der Waals surface area contributed by atoms with E-state index in [1.165, 1.54) is 7.11 Å². The van der Waals surface area contributed by atoms with Crippen molar-refractivity contribution in [1.29, 1.82) is 0 Å². The van der Waals surface area contributed by atoms with Crippen molar-refractivity contribution in [3.05, 3.63) is 24.0 Å². The fraction of sp³-hybridized carbons (Fsp3) is 0.467. The first-order valence-corrected chi connectivity index (χ1v) is 6.89. The van der Waals surface area contributed by atoms with E-state index in [0.717, 1.165) is 16.9 Å². The molecule has 6 nitrogen and oxygen atoms in total. The lowest BCUT2D eigenvalue weighted by Gasteiger charge is -2.13. The highest BCUT2D eigenvalue weighted by molar-refractivity contribution is 5.96. The molecule has 1 aromatic heterocycles. The van der Waals surface area contributed by atoms with E-state index in [1.807, 2.05) is 18.2 Å². The van der Waals surface area contributed by atoms with Crippen LogP contribution in [-0.4, -0.2) is 35.6 Å². The minimum absolute atomic E-state index is 0.0525. The molecule has 0 saturated heterocycles. The van der Waals surface area contributed by atoms with Gasteiger partial charge in [-0.05, 0) is 18.2 Å². The topological polar surface area (TPSA) is 93.0 Å². The van der Waals surface area contributed by atoms with E-state index in [2.05, 4.69) is 36.1 Å².